The number of aromatic nitrogens is 1. The predicted molar refractivity (Wildman–Crippen MR) is 123 cm³/mol. The van der Waals surface area contributed by atoms with Gasteiger partial charge in [0.25, 0.3) is 0 Å². The minimum absolute atomic E-state index is 0.413. The highest BCUT2D eigenvalue weighted by Gasteiger charge is 2.35. The third-order valence-electron chi connectivity index (χ3n) is 7.32. The standard InChI is InChI=1S/C26H35N3O2/c1-2-5-20(6-3-1)18-30-25-9-8-22-17-29(12-10-21(22)13-25)24-14-26(16-27-15-24)31-19-23-7-4-11-28-23/h1-3,5-6,14-16,21-23,25,28H,4,7-13,17-19H2/t21?,22?,23-,25?/m0/s1. The fourth-order valence-electron chi connectivity index (χ4n) is 5.50. The van der Waals surface area contributed by atoms with Crippen molar-refractivity contribution in [1.82, 2.24) is 10.3 Å². The number of ether oxygens (including phenoxy) is 2. The smallest absolute Gasteiger partial charge is 0.139 e. The molecule has 1 aromatic heterocycles. The van der Waals surface area contributed by atoms with Gasteiger partial charge in [0.2, 0.25) is 0 Å². The van der Waals surface area contributed by atoms with Gasteiger partial charge < -0.3 is 19.7 Å². The summed E-state index contributed by atoms with van der Waals surface area (Å²) in [6.45, 7) is 4.82. The van der Waals surface area contributed by atoms with Crippen molar-refractivity contribution < 1.29 is 9.47 Å². The van der Waals surface area contributed by atoms with Crippen LogP contribution < -0.4 is 15.0 Å². The third kappa shape index (κ3) is 5.39. The molecular weight excluding hydrogens is 386 g/mol. The van der Waals surface area contributed by atoms with Gasteiger partial charge in [0.05, 0.1) is 30.8 Å². The normalized spacial score (nSPS) is 28.3. The monoisotopic (exact) mass is 421 g/mol. The van der Waals surface area contributed by atoms with Crippen LogP contribution in [0.25, 0.3) is 0 Å². The molecule has 31 heavy (non-hydrogen) atoms. The van der Waals surface area contributed by atoms with Crippen LogP contribution in [0.1, 0.15) is 44.1 Å². The van der Waals surface area contributed by atoms with Crippen LogP contribution in [0, 0.1) is 11.8 Å². The summed E-state index contributed by atoms with van der Waals surface area (Å²) in [5.74, 6) is 2.44. The average Bonchev–Trinajstić information content (AvgIpc) is 3.36. The third-order valence-corrected chi connectivity index (χ3v) is 7.32. The fraction of sp³-hybridized carbons (Fsp3) is 0.577. The zero-order chi connectivity index (χ0) is 20.9. The van der Waals surface area contributed by atoms with Crippen LogP contribution in [0.5, 0.6) is 5.75 Å². The number of rotatable bonds is 7. The Morgan fingerprint density at radius 3 is 2.84 bits per heavy atom. The van der Waals surface area contributed by atoms with Gasteiger partial charge in [0, 0.05) is 25.2 Å². The highest BCUT2D eigenvalue weighted by Crippen LogP contribution is 2.39. The van der Waals surface area contributed by atoms with E-state index in [1.54, 1.807) is 0 Å². The topological polar surface area (TPSA) is 46.6 Å². The van der Waals surface area contributed by atoms with E-state index < -0.39 is 0 Å². The lowest BCUT2D eigenvalue weighted by atomic mass is 9.74. The predicted octanol–water partition coefficient (Wildman–Crippen LogP) is 4.42. The Kier molecular flexibility index (Phi) is 6.71. The highest BCUT2D eigenvalue weighted by atomic mass is 16.5. The van der Waals surface area contributed by atoms with Crippen molar-refractivity contribution in [1.29, 1.82) is 0 Å². The maximum Gasteiger partial charge on any atom is 0.139 e. The van der Waals surface area contributed by atoms with E-state index >= 15 is 0 Å². The summed E-state index contributed by atoms with van der Waals surface area (Å²) in [6.07, 6.45) is 11.6. The first-order valence-electron chi connectivity index (χ1n) is 12.1. The molecule has 3 fully saturated rings. The van der Waals surface area contributed by atoms with Gasteiger partial charge in [0.1, 0.15) is 12.4 Å². The quantitative estimate of drug-likeness (QED) is 0.717. The van der Waals surface area contributed by atoms with Gasteiger partial charge in [-0.15, -0.1) is 0 Å². The Balaban J connectivity index is 1.12. The number of fused-ring (bicyclic) bond motifs is 1. The van der Waals surface area contributed by atoms with Crippen LogP contribution in [-0.2, 0) is 11.3 Å². The zero-order valence-electron chi connectivity index (χ0n) is 18.4. The number of piperidine rings is 1. The molecule has 0 amide bonds. The molecule has 3 heterocycles. The second-order valence-corrected chi connectivity index (χ2v) is 9.47. The SMILES string of the molecule is c1ccc(COC2CCC3CN(c4cncc(OC[C@@H]5CCCN5)c4)CCC3C2)cc1. The summed E-state index contributed by atoms with van der Waals surface area (Å²) < 4.78 is 12.3. The summed E-state index contributed by atoms with van der Waals surface area (Å²) in [5, 5.41) is 3.49. The fourth-order valence-corrected chi connectivity index (χ4v) is 5.50. The molecule has 2 saturated heterocycles. The molecule has 2 aromatic rings. The molecule has 0 spiro atoms. The molecule has 5 rings (SSSR count). The van der Waals surface area contributed by atoms with Crippen molar-refractivity contribution in [3.8, 4) is 5.75 Å². The Bertz CT molecular complexity index is 824. The van der Waals surface area contributed by atoms with Crippen molar-refractivity contribution in [2.75, 3.05) is 31.1 Å². The van der Waals surface area contributed by atoms with E-state index in [0.29, 0.717) is 12.1 Å². The molecule has 3 unspecified atom stereocenters. The second-order valence-electron chi connectivity index (χ2n) is 9.47. The van der Waals surface area contributed by atoms with Gasteiger partial charge in [0.15, 0.2) is 0 Å². The second kappa shape index (κ2) is 10.0. The lowest BCUT2D eigenvalue weighted by molar-refractivity contribution is -0.0167. The summed E-state index contributed by atoms with van der Waals surface area (Å²) in [6, 6.07) is 13.2. The Morgan fingerprint density at radius 1 is 1.03 bits per heavy atom. The molecule has 5 heteroatoms. The first kappa shape index (κ1) is 20.8. The highest BCUT2D eigenvalue weighted by molar-refractivity contribution is 5.48. The Labute approximate surface area is 186 Å². The Hall–Kier alpha value is -2.11. The number of benzene rings is 1. The first-order chi connectivity index (χ1) is 15.3. The Morgan fingerprint density at radius 2 is 1.97 bits per heavy atom. The molecule has 1 aromatic carbocycles. The number of nitrogens with zero attached hydrogens (tertiary/aromatic N) is 2. The van der Waals surface area contributed by atoms with Gasteiger partial charge in [-0.05, 0) is 62.5 Å². The van der Waals surface area contributed by atoms with Crippen LogP contribution in [0.2, 0.25) is 0 Å². The summed E-state index contributed by atoms with van der Waals surface area (Å²) in [5.41, 5.74) is 2.48. The molecule has 0 radical (unpaired) electrons. The molecule has 3 aliphatic rings. The van der Waals surface area contributed by atoms with Gasteiger partial charge in [-0.1, -0.05) is 30.3 Å². The van der Waals surface area contributed by atoms with Crippen LogP contribution in [0.15, 0.2) is 48.8 Å². The van der Waals surface area contributed by atoms with Crippen molar-refractivity contribution >= 4 is 5.69 Å². The number of pyridine rings is 1. The average molecular weight is 422 g/mol. The number of nitrogens with one attached hydrogen (secondary N) is 1. The molecule has 2 aliphatic heterocycles. The molecule has 1 aliphatic carbocycles. The molecule has 166 valence electrons. The zero-order valence-corrected chi connectivity index (χ0v) is 18.4. The molecule has 0 bridgehead atoms. The van der Waals surface area contributed by atoms with E-state index in [1.807, 2.05) is 12.4 Å². The van der Waals surface area contributed by atoms with Crippen LogP contribution >= 0.6 is 0 Å². The molecule has 5 nitrogen and oxygen atoms in total. The van der Waals surface area contributed by atoms with Crippen molar-refractivity contribution in [3.63, 3.8) is 0 Å². The summed E-state index contributed by atoms with van der Waals surface area (Å²) in [4.78, 5) is 6.98. The number of hydrogen-bond donors (Lipinski definition) is 1. The summed E-state index contributed by atoms with van der Waals surface area (Å²) in [7, 11) is 0. The van der Waals surface area contributed by atoms with Crippen molar-refractivity contribution in [3.05, 3.63) is 54.4 Å². The van der Waals surface area contributed by atoms with Crippen LogP contribution in [0.4, 0.5) is 5.69 Å². The van der Waals surface area contributed by atoms with Crippen LogP contribution in [-0.4, -0.2) is 43.4 Å². The first-order valence-corrected chi connectivity index (χ1v) is 12.1. The maximum atomic E-state index is 6.27. The van der Waals surface area contributed by atoms with Gasteiger partial charge in [-0.25, -0.2) is 0 Å². The number of hydrogen-bond acceptors (Lipinski definition) is 5. The van der Waals surface area contributed by atoms with Gasteiger partial charge in [-0.3, -0.25) is 4.98 Å². The van der Waals surface area contributed by atoms with E-state index in [9.17, 15) is 0 Å². The minimum atomic E-state index is 0.413. The summed E-state index contributed by atoms with van der Waals surface area (Å²) >= 11 is 0. The van der Waals surface area contributed by atoms with E-state index in [-0.39, 0.29) is 0 Å². The molecule has 4 atom stereocenters. The van der Waals surface area contributed by atoms with Gasteiger partial charge in [-0.2, -0.15) is 0 Å². The van der Waals surface area contributed by atoms with E-state index in [1.165, 1.54) is 49.8 Å². The number of anilines is 1. The van der Waals surface area contributed by atoms with Crippen LogP contribution in [0.3, 0.4) is 0 Å². The molecule has 1 N–H and O–H groups in total. The van der Waals surface area contributed by atoms with E-state index in [4.69, 9.17) is 9.47 Å². The molecule has 1 saturated carbocycles. The van der Waals surface area contributed by atoms with E-state index in [0.717, 1.165) is 50.4 Å². The lowest BCUT2D eigenvalue weighted by Gasteiger charge is -2.44. The largest absolute Gasteiger partial charge is 0.490 e. The van der Waals surface area contributed by atoms with Crippen molar-refractivity contribution in [2.24, 2.45) is 11.8 Å². The van der Waals surface area contributed by atoms with Gasteiger partial charge >= 0.3 is 0 Å². The van der Waals surface area contributed by atoms with E-state index in [2.05, 4.69) is 51.6 Å². The maximum absolute atomic E-state index is 6.27. The molecular formula is C26H35N3O2. The lowest BCUT2D eigenvalue weighted by Crippen LogP contribution is -2.44. The van der Waals surface area contributed by atoms with Crippen molar-refractivity contribution in [2.45, 2.75) is 57.3 Å². The minimum Gasteiger partial charge on any atom is -0.490 e.